The number of nitrogens with zero attached hydrogens (tertiary/aromatic N) is 2. The first-order chi connectivity index (χ1) is 9.19. The summed E-state index contributed by atoms with van der Waals surface area (Å²) in [5.41, 5.74) is 7.05. The second-order valence-electron chi connectivity index (χ2n) is 5.92. The maximum Gasteiger partial charge on any atom is 0.410 e. The van der Waals surface area contributed by atoms with Crippen molar-refractivity contribution >= 4 is 17.5 Å². The summed E-state index contributed by atoms with van der Waals surface area (Å²) in [6, 6.07) is 7.67. The SMILES string of the molecule is CN(CCN(C)c1cccc(N)c1)C(=O)OC(C)(C)C. The number of benzene rings is 1. The van der Waals surface area contributed by atoms with E-state index in [-0.39, 0.29) is 6.09 Å². The zero-order valence-corrected chi connectivity index (χ0v) is 13.0. The van der Waals surface area contributed by atoms with Crippen molar-refractivity contribution < 1.29 is 9.53 Å². The molecule has 0 atom stereocenters. The van der Waals surface area contributed by atoms with Crippen LogP contribution in [0.15, 0.2) is 24.3 Å². The third-order valence-electron chi connectivity index (χ3n) is 2.79. The Balaban J connectivity index is 2.48. The topological polar surface area (TPSA) is 58.8 Å². The smallest absolute Gasteiger partial charge is 0.410 e. The molecule has 0 aliphatic rings. The van der Waals surface area contributed by atoms with Crippen LogP contribution in [0.4, 0.5) is 16.2 Å². The van der Waals surface area contributed by atoms with Crippen molar-refractivity contribution in [2.75, 3.05) is 37.8 Å². The van der Waals surface area contributed by atoms with Crippen LogP contribution in [0.1, 0.15) is 20.8 Å². The third-order valence-corrected chi connectivity index (χ3v) is 2.79. The molecule has 0 aromatic heterocycles. The Hall–Kier alpha value is -1.91. The molecular weight excluding hydrogens is 254 g/mol. The number of hydrogen-bond donors (Lipinski definition) is 1. The van der Waals surface area contributed by atoms with Crippen LogP contribution in [0.3, 0.4) is 0 Å². The van der Waals surface area contributed by atoms with Crippen molar-refractivity contribution in [2.45, 2.75) is 26.4 Å². The maximum atomic E-state index is 11.8. The fourth-order valence-corrected chi connectivity index (χ4v) is 1.62. The van der Waals surface area contributed by atoms with Gasteiger partial charge >= 0.3 is 6.09 Å². The van der Waals surface area contributed by atoms with Crippen molar-refractivity contribution in [1.29, 1.82) is 0 Å². The first kappa shape index (κ1) is 16.1. The number of rotatable bonds is 4. The molecule has 1 amide bonds. The second-order valence-corrected chi connectivity index (χ2v) is 5.92. The summed E-state index contributed by atoms with van der Waals surface area (Å²) in [4.78, 5) is 15.5. The van der Waals surface area contributed by atoms with Crippen LogP contribution in [0, 0.1) is 0 Å². The van der Waals surface area contributed by atoms with Crippen molar-refractivity contribution in [3.05, 3.63) is 24.3 Å². The zero-order valence-electron chi connectivity index (χ0n) is 13.0. The monoisotopic (exact) mass is 279 g/mol. The highest BCUT2D eigenvalue weighted by Gasteiger charge is 2.19. The molecule has 1 aromatic rings. The maximum absolute atomic E-state index is 11.8. The van der Waals surface area contributed by atoms with E-state index in [0.717, 1.165) is 11.4 Å². The van der Waals surface area contributed by atoms with E-state index in [4.69, 9.17) is 10.5 Å². The van der Waals surface area contributed by atoms with Crippen molar-refractivity contribution in [2.24, 2.45) is 0 Å². The molecule has 2 N–H and O–H groups in total. The van der Waals surface area contributed by atoms with E-state index in [1.54, 1.807) is 11.9 Å². The van der Waals surface area contributed by atoms with Gasteiger partial charge in [-0.05, 0) is 39.0 Å². The van der Waals surface area contributed by atoms with Gasteiger partial charge < -0.3 is 20.3 Å². The molecule has 112 valence electrons. The minimum Gasteiger partial charge on any atom is -0.444 e. The number of anilines is 2. The van der Waals surface area contributed by atoms with E-state index in [2.05, 4.69) is 4.90 Å². The number of ether oxygens (including phenoxy) is 1. The average Bonchev–Trinajstić information content (AvgIpc) is 2.33. The Morgan fingerprint density at radius 1 is 1.25 bits per heavy atom. The standard InChI is InChI=1S/C15H25N3O2/c1-15(2,3)20-14(19)18(5)10-9-17(4)13-8-6-7-12(16)11-13/h6-8,11H,9-10,16H2,1-5H3. The molecule has 0 fully saturated rings. The van der Waals surface area contributed by atoms with Gasteiger partial charge in [0.15, 0.2) is 0 Å². The Morgan fingerprint density at radius 3 is 2.45 bits per heavy atom. The molecule has 0 saturated heterocycles. The van der Waals surface area contributed by atoms with Gasteiger partial charge in [-0.25, -0.2) is 4.79 Å². The van der Waals surface area contributed by atoms with Gasteiger partial charge in [0.2, 0.25) is 0 Å². The Labute approximate surface area is 121 Å². The molecule has 0 aliphatic carbocycles. The predicted octanol–water partition coefficient (Wildman–Crippen LogP) is 2.57. The fraction of sp³-hybridized carbons (Fsp3) is 0.533. The lowest BCUT2D eigenvalue weighted by atomic mass is 10.2. The largest absolute Gasteiger partial charge is 0.444 e. The summed E-state index contributed by atoms with van der Waals surface area (Å²) in [7, 11) is 3.71. The van der Waals surface area contributed by atoms with Gasteiger partial charge in [-0.2, -0.15) is 0 Å². The summed E-state index contributed by atoms with van der Waals surface area (Å²) in [5.74, 6) is 0. The predicted molar refractivity (Wildman–Crippen MR) is 83.0 cm³/mol. The molecule has 0 radical (unpaired) electrons. The van der Waals surface area contributed by atoms with Crippen LogP contribution in [-0.2, 0) is 4.74 Å². The van der Waals surface area contributed by atoms with E-state index in [1.165, 1.54) is 0 Å². The quantitative estimate of drug-likeness (QED) is 0.861. The first-order valence-electron chi connectivity index (χ1n) is 6.70. The Kier molecular flexibility index (Phi) is 5.25. The van der Waals surface area contributed by atoms with Crippen LogP contribution in [-0.4, -0.2) is 43.8 Å². The number of likely N-dealkylation sites (N-methyl/N-ethyl adjacent to an activating group) is 2. The van der Waals surface area contributed by atoms with E-state index < -0.39 is 5.60 Å². The van der Waals surface area contributed by atoms with Gasteiger partial charge in [0.25, 0.3) is 0 Å². The van der Waals surface area contributed by atoms with Gasteiger partial charge in [0.05, 0.1) is 0 Å². The highest BCUT2D eigenvalue weighted by atomic mass is 16.6. The Morgan fingerprint density at radius 2 is 1.90 bits per heavy atom. The Bertz CT molecular complexity index is 455. The highest BCUT2D eigenvalue weighted by molar-refractivity contribution is 5.67. The van der Waals surface area contributed by atoms with Crippen LogP contribution in [0.5, 0.6) is 0 Å². The first-order valence-corrected chi connectivity index (χ1v) is 6.70. The normalized spacial score (nSPS) is 11.1. The number of carbonyl (C=O) groups excluding carboxylic acids is 1. The summed E-state index contributed by atoms with van der Waals surface area (Å²) < 4.78 is 5.31. The zero-order chi connectivity index (χ0) is 15.3. The lowest BCUT2D eigenvalue weighted by Crippen LogP contribution is -2.38. The van der Waals surface area contributed by atoms with Crippen LogP contribution in [0.25, 0.3) is 0 Å². The molecule has 0 unspecified atom stereocenters. The number of amides is 1. The summed E-state index contributed by atoms with van der Waals surface area (Å²) in [6.07, 6.45) is -0.307. The van der Waals surface area contributed by atoms with Crippen LogP contribution >= 0.6 is 0 Å². The second kappa shape index (κ2) is 6.50. The van der Waals surface area contributed by atoms with Crippen molar-refractivity contribution in [1.82, 2.24) is 4.90 Å². The number of carbonyl (C=O) groups is 1. The summed E-state index contributed by atoms with van der Waals surface area (Å²) >= 11 is 0. The molecule has 5 nitrogen and oxygen atoms in total. The summed E-state index contributed by atoms with van der Waals surface area (Å²) in [5, 5.41) is 0. The van der Waals surface area contributed by atoms with E-state index >= 15 is 0 Å². The molecule has 0 heterocycles. The molecular formula is C15H25N3O2. The van der Waals surface area contributed by atoms with Crippen molar-refractivity contribution in [3.8, 4) is 0 Å². The van der Waals surface area contributed by atoms with Gasteiger partial charge in [-0.15, -0.1) is 0 Å². The average molecular weight is 279 g/mol. The number of hydrogen-bond acceptors (Lipinski definition) is 4. The summed E-state index contributed by atoms with van der Waals surface area (Å²) in [6.45, 7) is 6.87. The number of nitrogens with two attached hydrogens (primary N) is 1. The molecule has 1 rings (SSSR count). The van der Waals surface area contributed by atoms with E-state index in [0.29, 0.717) is 13.1 Å². The lowest BCUT2D eigenvalue weighted by Gasteiger charge is -2.27. The molecule has 0 spiro atoms. The van der Waals surface area contributed by atoms with E-state index in [9.17, 15) is 4.79 Å². The minimum atomic E-state index is -0.467. The highest BCUT2D eigenvalue weighted by Crippen LogP contribution is 2.16. The third kappa shape index (κ3) is 5.38. The fourth-order valence-electron chi connectivity index (χ4n) is 1.62. The number of nitrogen functional groups attached to an aromatic ring is 1. The van der Waals surface area contributed by atoms with E-state index in [1.807, 2.05) is 52.1 Å². The lowest BCUT2D eigenvalue weighted by molar-refractivity contribution is 0.0303. The van der Waals surface area contributed by atoms with Gasteiger partial charge in [-0.3, -0.25) is 0 Å². The van der Waals surface area contributed by atoms with Crippen LogP contribution in [0.2, 0.25) is 0 Å². The van der Waals surface area contributed by atoms with Gasteiger partial charge in [-0.1, -0.05) is 6.07 Å². The molecule has 1 aromatic carbocycles. The molecule has 0 bridgehead atoms. The van der Waals surface area contributed by atoms with Gasteiger partial charge in [0.1, 0.15) is 5.60 Å². The van der Waals surface area contributed by atoms with Crippen LogP contribution < -0.4 is 10.6 Å². The molecule has 0 saturated carbocycles. The molecule has 5 heteroatoms. The molecule has 20 heavy (non-hydrogen) atoms. The minimum absolute atomic E-state index is 0.307. The van der Waals surface area contributed by atoms with Gasteiger partial charge in [0, 0.05) is 38.6 Å². The van der Waals surface area contributed by atoms with Crippen molar-refractivity contribution in [3.63, 3.8) is 0 Å². The molecule has 0 aliphatic heterocycles.